The first-order valence-corrected chi connectivity index (χ1v) is 6.28. The van der Waals surface area contributed by atoms with Crippen molar-refractivity contribution in [1.29, 1.82) is 0 Å². The highest BCUT2D eigenvalue weighted by Crippen LogP contribution is 2.13. The largest absolute Gasteiger partial charge is 0.481 e. The van der Waals surface area contributed by atoms with Crippen molar-refractivity contribution in [2.75, 3.05) is 0 Å². The van der Waals surface area contributed by atoms with Gasteiger partial charge in [-0.3, -0.25) is 4.79 Å². The third kappa shape index (κ3) is 3.88. The number of carbonyl (C=O) groups is 1. The highest BCUT2D eigenvalue weighted by atomic mass is 16.5. The Kier molecular flexibility index (Phi) is 4.23. The lowest BCUT2D eigenvalue weighted by atomic mass is 10.2. The number of H-pyrrole nitrogens is 1. The van der Waals surface area contributed by atoms with Gasteiger partial charge in [0.1, 0.15) is 5.75 Å². The van der Waals surface area contributed by atoms with Crippen molar-refractivity contribution >= 4 is 5.91 Å². The number of nitrogens with one attached hydrogen (secondary N) is 2. The fourth-order valence-electron chi connectivity index (χ4n) is 1.68. The number of aryl methyl sites for hydroxylation is 1. The Morgan fingerprint density at radius 1 is 1.32 bits per heavy atom. The first-order chi connectivity index (χ1) is 9.15. The predicted molar refractivity (Wildman–Crippen MR) is 73.9 cm³/mol. The van der Waals surface area contributed by atoms with Crippen LogP contribution in [0.4, 0.5) is 0 Å². The molecule has 2 aromatic rings. The van der Waals surface area contributed by atoms with Crippen molar-refractivity contribution in [1.82, 2.24) is 10.3 Å². The maximum absolute atomic E-state index is 11.9. The third-order valence-electron chi connectivity index (χ3n) is 2.83. The summed E-state index contributed by atoms with van der Waals surface area (Å²) in [5, 5.41) is 2.83. The number of ether oxygens (including phenoxy) is 1. The molecule has 0 spiro atoms. The molecule has 4 nitrogen and oxygen atoms in total. The van der Waals surface area contributed by atoms with E-state index in [0.717, 1.165) is 11.1 Å². The molecule has 1 atom stereocenters. The second-order valence-corrected chi connectivity index (χ2v) is 4.51. The summed E-state index contributed by atoms with van der Waals surface area (Å²) in [6, 6.07) is 9.57. The topological polar surface area (TPSA) is 54.1 Å². The summed E-state index contributed by atoms with van der Waals surface area (Å²) in [7, 11) is 0. The summed E-state index contributed by atoms with van der Waals surface area (Å²) < 4.78 is 5.58. The molecule has 1 amide bonds. The average Bonchev–Trinajstić information content (AvgIpc) is 2.91. The van der Waals surface area contributed by atoms with Crippen LogP contribution in [0.25, 0.3) is 0 Å². The standard InChI is InChI=1S/C15H18N2O2/c1-11-3-5-14(6-4-11)19-12(2)15(18)17-10-13-7-8-16-9-13/h3-9,12,16H,10H2,1-2H3,(H,17,18). The van der Waals surface area contributed by atoms with Crippen molar-refractivity contribution in [3.05, 3.63) is 53.9 Å². The number of amides is 1. The van der Waals surface area contributed by atoms with E-state index in [1.807, 2.05) is 49.6 Å². The van der Waals surface area contributed by atoms with Gasteiger partial charge >= 0.3 is 0 Å². The molecule has 0 fully saturated rings. The Bertz CT molecular complexity index is 518. The van der Waals surface area contributed by atoms with Crippen molar-refractivity contribution < 1.29 is 9.53 Å². The summed E-state index contributed by atoms with van der Waals surface area (Å²) in [6.45, 7) is 4.26. The number of aromatic amines is 1. The van der Waals surface area contributed by atoms with Gasteiger partial charge in [0.05, 0.1) is 0 Å². The van der Waals surface area contributed by atoms with Crippen LogP contribution >= 0.6 is 0 Å². The van der Waals surface area contributed by atoms with Gasteiger partial charge in [0.25, 0.3) is 5.91 Å². The normalized spacial score (nSPS) is 11.9. The molecule has 19 heavy (non-hydrogen) atoms. The Hall–Kier alpha value is -2.23. The molecule has 1 unspecified atom stereocenters. The number of benzene rings is 1. The first-order valence-electron chi connectivity index (χ1n) is 6.28. The second-order valence-electron chi connectivity index (χ2n) is 4.51. The number of carbonyl (C=O) groups excluding carboxylic acids is 1. The molecule has 4 heteroatoms. The summed E-state index contributed by atoms with van der Waals surface area (Å²) in [6.07, 6.45) is 3.17. The second kappa shape index (κ2) is 6.09. The van der Waals surface area contributed by atoms with Crippen molar-refractivity contribution in [3.8, 4) is 5.75 Å². The molecule has 0 saturated carbocycles. The number of hydrogen-bond donors (Lipinski definition) is 2. The van der Waals surface area contributed by atoms with Gasteiger partial charge in [-0.05, 0) is 37.6 Å². The summed E-state index contributed by atoms with van der Waals surface area (Å²) in [5.74, 6) is 0.580. The molecule has 1 aromatic carbocycles. The van der Waals surface area contributed by atoms with Crippen molar-refractivity contribution in [2.45, 2.75) is 26.5 Å². The molecular formula is C15H18N2O2. The van der Waals surface area contributed by atoms with Gasteiger partial charge < -0.3 is 15.0 Å². The molecule has 1 heterocycles. The summed E-state index contributed by atoms with van der Waals surface area (Å²) in [5.41, 5.74) is 2.20. The van der Waals surface area contributed by atoms with Crippen LogP contribution in [0.3, 0.4) is 0 Å². The maximum Gasteiger partial charge on any atom is 0.261 e. The van der Waals surface area contributed by atoms with Crippen LogP contribution in [-0.4, -0.2) is 17.0 Å². The minimum Gasteiger partial charge on any atom is -0.481 e. The van der Waals surface area contributed by atoms with Crippen LogP contribution in [0, 0.1) is 6.92 Å². The van der Waals surface area contributed by atoms with Crippen LogP contribution in [0.1, 0.15) is 18.1 Å². The molecule has 100 valence electrons. The molecule has 2 rings (SSSR count). The highest BCUT2D eigenvalue weighted by molar-refractivity contribution is 5.80. The van der Waals surface area contributed by atoms with Crippen LogP contribution in [0.5, 0.6) is 5.75 Å². The Balaban J connectivity index is 1.83. The molecule has 0 radical (unpaired) electrons. The van der Waals surface area contributed by atoms with E-state index in [0.29, 0.717) is 12.3 Å². The van der Waals surface area contributed by atoms with Crippen LogP contribution in [0.15, 0.2) is 42.7 Å². The molecule has 0 saturated heterocycles. The smallest absolute Gasteiger partial charge is 0.261 e. The molecule has 2 N–H and O–H groups in total. The number of rotatable bonds is 5. The van der Waals surface area contributed by atoms with E-state index >= 15 is 0 Å². The van der Waals surface area contributed by atoms with Crippen LogP contribution in [0.2, 0.25) is 0 Å². The molecule has 0 aliphatic rings. The minimum atomic E-state index is -0.512. The van der Waals surface area contributed by atoms with E-state index in [4.69, 9.17) is 4.74 Å². The zero-order valence-corrected chi connectivity index (χ0v) is 11.1. The quantitative estimate of drug-likeness (QED) is 0.865. The number of hydrogen-bond acceptors (Lipinski definition) is 2. The van der Waals surface area contributed by atoms with Gasteiger partial charge in [-0.1, -0.05) is 17.7 Å². The third-order valence-corrected chi connectivity index (χ3v) is 2.83. The van der Waals surface area contributed by atoms with E-state index in [-0.39, 0.29) is 5.91 Å². The fourth-order valence-corrected chi connectivity index (χ4v) is 1.68. The lowest BCUT2D eigenvalue weighted by Gasteiger charge is -2.14. The van der Waals surface area contributed by atoms with E-state index in [2.05, 4.69) is 10.3 Å². The van der Waals surface area contributed by atoms with Gasteiger partial charge in [0, 0.05) is 18.9 Å². The van der Waals surface area contributed by atoms with E-state index in [1.54, 1.807) is 6.92 Å². The molecule has 0 aliphatic heterocycles. The van der Waals surface area contributed by atoms with E-state index < -0.39 is 6.10 Å². The zero-order chi connectivity index (χ0) is 13.7. The number of aromatic nitrogens is 1. The predicted octanol–water partition coefficient (Wildman–Crippen LogP) is 2.41. The molecule has 0 bridgehead atoms. The average molecular weight is 258 g/mol. The Morgan fingerprint density at radius 2 is 2.05 bits per heavy atom. The van der Waals surface area contributed by atoms with Gasteiger partial charge in [-0.25, -0.2) is 0 Å². The van der Waals surface area contributed by atoms with E-state index in [1.165, 1.54) is 0 Å². The van der Waals surface area contributed by atoms with Gasteiger partial charge in [0.2, 0.25) is 0 Å². The summed E-state index contributed by atoms with van der Waals surface area (Å²) >= 11 is 0. The summed E-state index contributed by atoms with van der Waals surface area (Å²) in [4.78, 5) is 14.8. The SMILES string of the molecule is Cc1ccc(OC(C)C(=O)NCc2cc[nH]c2)cc1. The molecule has 0 aliphatic carbocycles. The van der Waals surface area contributed by atoms with Gasteiger partial charge in [-0.15, -0.1) is 0 Å². The van der Waals surface area contributed by atoms with E-state index in [9.17, 15) is 4.79 Å². The Labute approximate surface area is 112 Å². The van der Waals surface area contributed by atoms with Gasteiger partial charge in [0.15, 0.2) is 6.10 Å². The van der Waals surface area contributed by atoms with Crippen LogP contribution in [-0.2, 0) is 11.3 Å². The first kappa shape index (κ1) is 13.2. The fraction of sp³-hybridized carbons (Fsp3) is 0.267. The maximum atomic E-state index is 11.9. The molecular weight excluding hydrogens is 240 g/mol. The van der Waals surface area contributed by atoms with Gasteiger partial charge in [-0.2, -0.15) is 0 Å². The van der Waals surface area contributed by atoms with Crippen molar-refractivity contribution in [3.63, 3.8) is 0 Å². The monoisotopic (exact) mass is 258 g/mol. The van der Waals surface area contributed by atoms with Crippen LogP contribution < -0.4 is 10.1 Å². The Morgan fingerprint density at radius 3 is 2.68 bits per heavy atom. The zero-order valence-electron chi connectivity index (χ0n) is 11.1. The highest BCUT2D eigenvalue weighted by Gasteiger charge is 2.14. The molecule has 1 aromatic heterocycles. The minimum absolute atomic E-state index is 0.123. The lowest BCUT2D eigenvalue weighted by molar-refractivity contribution is -0.127. The van der Waals surface area contributed by atoms with Crippen molar-refractivity contribution in [2.24, 2.45) is 0 Å². The lowest BCUT2D eigenvalue weighted by Crippen LogP contribution is -2.35.